The van der Waals surface area contributed by atoms with Gasteiger partial charge in [0.25, 0.3) is 0 Å². The van der Waals surface area contributed by atoms with Crippen molar-refractivity contribution in [2.75, 3.05) is 11.9 Å². The fraction of sp³-hybridized carbons (Fsp3) is 0.647. The molecule has 0 aromatic carbocycles. The van der Waals surface area contributed by atoms with E-state index in [2.05, 4.69) is 23.9 Å². The summed E-state index contributed by atoms with van der Waals surface area (Å²) in [6.45, 7) is 2.09. The van der Waals surface area contributed by atoms with Gasteiger partial charge in [-0.3, -0.25) is 0 Å². The number of aromatic nitrogens is 1. The van der Waals surface area contributed by atoms with Gasteiger partial charge in [0.05, 0.1) is 5.56 Å². The highest BCUT2D eigenvalue weighted by molar-refractivity contribution is 5.88. The number of rotatable bonds is 5. The molecule has 1 aliphatic rings. The van der Waals surface area contributed by atoms with Crippen LogP contribution < -0.4 is 4.90 Å². The molecule has 116 valence electrons. The van der Waals surface area contributed by atoms with E-state index < -0.39 is 5.97 Å². The van der Waals surface area contributed by atoms with Crippen molar-refractivity contribution in [2.45, 2.75) is 64.3 Å². The van der Waals surface area contributed by atoms with Crippen LogP contribution in [0, 0.1) is 0 Å². The molecule has 4 nitrogen and oxygen atoms in total. The third kappa shape index (κ3) is 4.19. The Morgan fingerprint density at radius 3 is 2.52 bits per heavy atom. The number of carboxylic acids is 1. The standard InChI is InChI=1S/C17H26N2O2/c1-3-8-14-11-13(17(20)21)12-16(18-14)19(2)15-9-6-4-5-7-10-15/h11-12,15H,3-10H2,1-2H3,(H,20,21). The van der Waals surface area contributed by atoms with Crippen LogP contribution in [0.25, 0.3) is 0 Å². The van der Waals surface area contributed by atoms with Crippen molar-refractivity contribution >= 4 is 11.8 Å². The maximum Gasteiger partial charge on any atom is 0.335 e. The van der Waals surface area contributed by atoms with Gasteiger partial charge in [-0.1, -0.05) is 39.0 Å². The predicted octanol–water partition coefficient (Wildman–Crippen LogP) is 3.89. The highest BCUT2D eigenvalue weighted by atomic mass is 16.4. The van der Waals surface area contributed by atoms with Crippen molar-refractivity contribution in [2.24, 2.45) is 0 Å². The summed E-state index contributed by atoms with van der Waals surface area (Å²) in [6.07, 6.45) is 9.30. The molecular weight excluding hydrogens is 264 g/mol. The second kappa shape index (κ2) is 7.43. The first kappa shape index (κ1) is 15.8. The molecule has 1 aliphatic carbocycles. The van der Waals surface area contributed by atoms with E-state index in [1.54, 1.807) is 12.1 Å². The second-order valence-corrected chi connectivity index (χ2v) is 6.02. The molecule has 0 amide bonds. The zero-order valence-corrected chi connectivity index (χ0v) is 13.1. The first-order chi connectivity index (χ1) is 10.1. The summed E-state index contributed by atoms with van der Waals surface area (Å²) in [4.78, 5) is 18.2. The third-order valence-electron chi connectivity index (χ3n) is 4.35. The summed E-state index contributed by atoms with van der Waals surface area (Å²) in [7, 11) is 2.06. The molecule has 1 heterocycles. The minimum Gasteiger partial charge on any atom is -0.478 e. The topological polar surface area (TPSA) is 53.4 Å². The zero-order valence-electron chi connectivity index (χ0n) is 13.1. The summed E-state index contributed by atoms with van der Waals surface area (Å²) >= 11 is 0. The molecule has 1 fully saturated rings. The van der Waals surface area contributed by atoms with Crippen LogP contribution in [0.5, 0.6) is 0 Å². The molecule has 4 heteroatoms. The number of pyridine rings is 1. The van der Waals surface area contributed by atoms with Crippen molar-refractivity contribution < 1.29 is 9.90 Å². The lowest BCUT2D eigenvalue weighted by molar-refractivity contribution is 0.0696. The molecule has 0 bridgehead atoms. The molecule has 1 aromatic heterocycles. The third-order valence-corrected chi connectivity index (χ3v) is 4.35. The molecule has 0 aliphatic heterocycles. The fourth-order valence-electron chi connectivity index (χ4n) is 3.09. The van der Waals surface area contributed by atoms with Crippen molar-refractivity contribution in [3.63, 3.8) is 0 Å². The van der Waals surface area contributed by atoms with E-state index in [1.807, 2.05) is 0 Å². The van der Waals surface area contributed by atoms with E-state index in [4.69, 9.17) is 0 Å². The Hall–Kier alpha value is -1.58. The summed E-state index contributed by atoms with van der Waals surface area (Å²) in [6, 6.07) is 3.90. The lowest BCUT2D eigenvalue weighted by atomic mass is 10.1. The summed E-state index contributed by atoms with van der Waals surface area (Å²) in [5, 5.41) is 9.29. The summed E-state index contributed by atoms with van der Waals surface area (Å²) in [5.74, 6) is -0.0597. The second-order valence-electron chi connectivity index (χ2n) is 6.02. The highest BCUT2D eigenvalue weighted by Gasteiger charge is 2.19. The van der Waals surface area contributed by atoms with Gasteiger partial charge in [0.15, 0.2) is 0 Å². The zero-order chi connectivity index (χ0) is 15.2. The Balaban J connectivity index is 2.25. The van der Waals surface area contributed by atoms with Gasteiger partial charge in [0, 0.05) is 18.8 Å². The molecule has 0 unspecified atom stereocenters. The normalized spacial score (nSPS) is 16.5. The van der Waals surface area contributed by atoms with Crippen LogP contribution in [0.1, 0.15) is 67.9 Å². The Morgan fingerprint density at radius 2 is 1.95 bits per heavy atom. The van der Waals surface area contributed by atoms with Crippen molar-refractivity contribution in [1.29, 1.82) is 0 Å². The summed E-state index contributed by atoms with van der Waals surface area (Å²) in [5.41, 5.74) is 1.23. The molecule has 0 atom stereocenters. The van der Waals surface area contributed by atoms with Gasteiger partial charge < -0.3 is 10.0 Å². The average molecular weight is 290 g/mol. The van der Waals surface area contributed by atoms with Crippen LogP contribution in [-0.2, 0) is 6.42 Å². The van der Waals surface area contributed by atoms with Gasteiger partial charge in [0.1, 0.15) is 5.82 Å². The van der Waals surface area contributed by atoms with Crippen molar-refractivity contribution in [3.05, 3.63) is 23.4 Å². The lowest BCUT2D eigenvalue weighted by Crippen LogP contribution is -2.32. The Morgan fingerprint density at radius 1 is 1.29 bits per heavy atom. The fourth-order valence-corrected chi connectivity index (χ4v) is 3.09. The van der Waals surface area contributed by atoms with Gasteiger partial charge in [-0.05, 0) is 31.4 Å². The minimum atomic E-state index is -0.870. The number of nitrogens with zero attached hydrogens (tertiary/aromatic N) is 2. The minimum absolute atomic E-state index is 0.351. The molecule has 0 spiro atoms. The Labute approximate surface area is 127 Å². The molecule has 2 rings (SSSR count). The maximum atomic E-state index is 11.3. The van der Waals surface area contributed by atoms with Crippen LogP contribution in [0.3, 0.4) is 0 Å². The van der Waals surface area contributed by atoms with E-state index >= 15 is 0 Å². The van der Waals surface area contributed by atoms with E-state index in [1.165, 1.54) is 38.5 Å². The molecule has 0 radical (unpaired) electrons. The predicted molar refractivity (Wildman–Crippen MR) is 85.1 cm³/mol. The van der Waals surface area contributed by atoms with Crippen LogP contribution in [-0.4, -0.2) is 29.1 Å². The van der Waals surface area contributed by atoms with Crippen LogP contribution in [0.15, 0.2) is 12.1 Å². The molecule has 21 heavy (non-hydrogen) atoms. The van der Waals surface area contributed by atoms with Gasteiger partial charge >= 0.3 is 5.97 Å². The number of aromatic carboxylic acids is 1. The van der Waals surface area contributed by atoms with E-state index in [-0.39, 0.29) is 0 Å². The Kier molecular flexibility index (Phi) is 5.59. The first-order valence-electron chi connectivity index (χ1n) is 8.09. The SMILES string of the molecule is CCCc1cc(C(=O)O)cc(N(C)C2CCCCCC2)n1. The quantitative estimate of drug-likeness (QED) is 0.836. The number of carboxylic acid groups (broad SMARTS) is 1. The van der Waals surface area contributed by atoms with Crippen molar-refractivity contribution in [1.82, 2.24) is 4.98 Å². The number of anilines is 1. The van der Waals surface area contributed by atoms with Crippen LogP contribution in [0.2, 0.25) is 0 Å². The summed E-state index contributed by atoms with van der Waals surface area (Å²) < 4.78 is 0. The van der Waals surface area contributed by atoms with Gasteiger partial charge in [-0.2, -0.15) is 0 Å². The monoisotopic (exact) mass is 290 g/mol. The van der Waals surface area contributed by atoms with Gasteiger partial charge in [0.2, 0.25) is 0 Å². The van der Waals surface area contributed by atoms with Crippen LogP contribution >= 0.6 is 0 Å². The Bertz CT molecular complexity index is 480. The van der Waals surface area contributed by atoms with E-state index in [9.17, 15) is 9.90 Å². The highest BCUT2D eigenvalue weighted by Crippen LogP contribution is 2.25. The largest absolute Gasteiger partial charge is 0.478 e. The number of hydrogen-bond acceptors (Lipinski definition) is 3. The maximum absolute atomic E-state index is 11.3. The van der Waals surface area contributed by atoms with E-state index in [0.717, 1.165) is 24.4 Å². The van der Waals surface area contributed by atoms with Crippen molar-refractivity contribution in [3.8, 4) is 0 Å². The number of aryl methyl sites for hydroxylation is 1. The van der Waals surface area contributed by atoms with Gasteiger partial charge in [-0.15, -0.1) is 0 Å². The first-order valence-corrected chi connectivity index (χ1v) is 8.09. The molecule has 1 N–H and O–H groups in total. The lowest BCUT2D eigenvalue weighted by Gasteiger charge is -2.28. The molecular formula is C17H26N2O2. The van der Waals surface area contributed by atoms with Crippen LogP contribution in [0.4, 0.5) is 5.82 Å². The molecule has 1 aromatic rings. The smallest absolute Gasteiger partial charge is 0.335 e. The number of hydrogen-bond donors (Lipinski definition) is 1. The van der Waals surface area contributed by atoms with E-state index in [0.29, 0.717) is 11.6 Å². The van der Waals surface area contributed by atoms with Gasteiger partial charge in [-0.25, -0.2) is 9.78 Å². The molecule has 1 saturated carbocycles. The number of carbonyl (C=O) groups is 1. The average Bonchev–Trinajstić information content (AvgIpc) is 2.75. The molecule has 0 saturated heterocycles.